The summed E-state index contributed by atoms with van der Waals surface area (Å²) in [4.78, 5) is 4.19. The van der Waals surface area contributed by atoms with E-state index in [1.807, 2.05) is 6.07 Å². The summed E-state index contributed by atoms with van der Waals surface area (Å²) in [6.45, 7) is 5.69. The van der Waals surface area contributed by atoms with Crippen LogP contribution < -0.4 is 10.6 Å². The summed E-state index contributed by atoms with van der Waals surface area (Å²) in [7, 11) is 1.76. The lowest BCUT2D eigenvalue weighted by atomic mass is 10.1. The highest BCUT2D eigenvalue weighted by Crippen LogP contribution is 2.08. The fourth-order valence-electron chi connectivity index (χ4n) is 2.26. The van der Waals surface area contributed by atoms with Crippen molar-refractivity contribution in [2.75, 3.05) is 13.6 Å². The molecular weight excluding hydrogens is 264 g/mol. The highest BCUT2D eigenvalue weighted by atomic mass is 16.5. The molecule has 1 aromatic heterocycles. The molecule has 0 amide bonds. The van der Waals surface area contributed by atoms with E-state index in [0.717, 1.165) is 24.6 Å². The predicted molar refractivity (Wildman–Crippen MR) is 84.3 cm³/mol. The molecule has 0 aliphatic rings. The number of guanidine groups is 1. The van der Waals surface area contributed by atoms with Gasteiger partial charge in [0.05, 0.1) is 6.54 Å². The summed E-state index contributed by atoms with van der Waals surface area (Å²) in [6, 6.07) is 8.46. The number of hydrogen-bond acceptors (Lipinski definition) is 3. The minimum absolute atomic E-state index is 0.597. The monoisotopic (exact) mass is 286 g/mol. The van der Waals surface area contributed by atoms with E-state index in [1.54, 1.807) is 13.3 Å². The Balaban J connectivity index is 1.78. The van der Waals surface area contributed by atoms with E-state index >= 15 is 0 Å². The number of aryl methyl sites for hydroxylation is 2. The van der Waals surface area contributed by atoms with E-state index in [2.05, 4.69) is 52.8 Å². The molecule has 0 atom stereocenters. The number of nitrogens with zero attached hydrogens (tertiary/aromatic N) is 2. The van der Waals surface area contributed by atoms with Gasteiger partial charge in [0.15, 0.2) is 5.96 Å². The molecule has 1 heterocycles. The van der Waals surface area contributed by atoms with Crippen LogP contribution >= 0.6 is 0 Å². The predicted octanol–water partition coefficient (Wildman–Crippen LogP) is 2.20. The smallest absolute Gasteiger partial charge is 0.191 e. The minimum atomic E-state index is 0.597. The zero-order chi connectivity index (χ0) is 15.1. The molecule has 0 aliphatic carbocycles. The lowest BCUT2D eigenvalue weighted by Crippen LogP contribution is -2.37. The van der Waals surface area contributed by atoms with Crippen molar-refractivity contribution in [1.82, 2.24) is 15.8 Å². The Kier molecular flexibility index (Phi) is 5.37. The van der Waals surface area contributed by atoms with Crippen LogP contribution in [-0.2, 0) is 13.0 Å². The SMILES string of the molecule is CN=C(NCCc1cc(C)cc(C)c1)NCc1ccon1. The Labute approximate surface area is 125 Å². The molecule has 1 aromatic carbocycles. The van der Waals surface area contributed by atoms with Gasteiger partial charge < -0.3 is 15.2 Å². The first-order chi connectivity index (χ1) is 10.2. The van der Waals surface area contributed by atoms with Crippen molar-refractivity contribution in [1.29, 1.82) is 0 Å². The van der Waals surface area contributed by atoms with Crippen molar-refractivity contribution in [2.45, 2.75) is 26.8 Å². The molecule has 0 spiro atoms. The largest absolute Gasteiger partial charge is 0.364 e. The summed E-state index contributed by atoms with van der Waals surface area (Å²) in [5.74, 6) is 0.766. The molecule has 0 fully saturated rings. The molecule has 0 unspecified atom stereocenters. The van der Waals surface area contributed by atoms with Gasteiger partial charge in [0, 0.05) is 19.7 Å². The molecule has 112 valence electrons. The molecule has 0 saturated carbocycles. The minimum Gasteiger partial charge on any atom is -0.364 e. The lowest BCUT2D eigenvalue weighted by molar-refractivity contribution is 0.410. The van der Waals surface area contributed by atoms with Crippen molar-refractivity contribution in [2.24, 2.45) is 4.99 Å². The van der Waals surface area contributed by atoms with Gasteiger partial charge in [-0.25, -0.2) is 0 Å². The molecule has 2 aromatic rings. The van der Waals surface area contributed by atoms with E-state index < -0.39 is 0 Å². The first-order valence-electron chi connectivity index (χ1n) is 7.08. The maximum atomic E-state index is 4.79. The molecule has 0 radical (unpaired) electrons. The zero-order valence-electron chi connectivity index (χ0n) is 12.8. The third-order valence-corrected chi connectivity index (χ3v) is 3.14. The van der Waals surface area contributed by atoms with Crippen molar-refractivity contribution >= 4 is 5.96 Å². The van der Waals surface area contributed by atoms with Gasteiger partial charge in [0.25, 0.3) is 0 Å². The highest BCUT2D eigenvalue weighted by Gasteiger charge is 2.01. The third kappa shape index (κ3) is 4.95. The van der Waals surface area contributed by atoms with Crippen LogP contribution in [0.25, 0.3) is 0 Å². The Morgan fingerprint density at radius 3 is 2.57 bits per heavy atom. The zero-order valence-corrected chi connectivity index (χ0v) is 12.8. The Hall–Kier alpha value is -2.30. The summed E-state index contributed by atoms with van der Waals surface area (Å²) in [5.41, 5.74) is 4.80. The van der Waals surface area contributed by atoms with Gasteiger partial charge in [0.1, 0.15) is 12.0 Å². The number of benzene rings is 1. The van der Waals surface area contributed by atoms with Gasteiger partial charge in [-0.2, -0.15) is 0 Å². The van der Waals surface area contributed by atoms with Crippen LogP contribution in [0.5, 0.6) is 0 Å². The van der Waals surface area contributed by atoms with E-state index in [1.165, 1.54) is 16.7 Å². The molecule has 0 saturated heterocycles. The molecule has 2 rings (SSSR count). The number of hydrogen-bond donors (Lipinski definition) is 2. The second kappa shape index (κ2) is 7.47. The molecule has 5 heteroatoms. The van der Waals surface area contributed by atoms with Gasteiger partial charge >= 0.3 is 0 Å². The van der Waals surface area contributed by atoms with E-state index in [9.17, 15) is 0 Å². The van der Waals surface area contributed by atoms with Gasteiger partial charge in [-0.1, -0.05) is 34.5 Å². The van der Waals surface area contributed by atoms with Crippen LogP contribution in [0.2, 0.25) is 0 Å². The normalized spacial score (nSPS) is 11.5. The summed E-state index contributed by atoms with van der Waals surface area (Å²) in [5, 5.41) is 10.3. The third-order valence-electron chi connectivity index (χ3n) is 3.14. The average Bonchev–Trinajstić information content (AvgIpc) is 2.94. The van der Waals surface area contributed by atoms with Gasteiger partial charge in [0.2, 0.25) is 0 Å². The van der Waals surface area contributed by atoms with Crippen LogP contribution in [0.15, 0.2) is 40.0 Å². The Morgan fingerprint density at radius 2 is 1.95 bits per heavy atom. The molecule has 2 N–H and O–H groups in total. The van der Waals surface area contributed by atoms with Crippen LogP contribution in [0, 0.1) is 13.8 Å². The van der Waals surface area contributed by atoms with Crippen molar-refractivity contribution < 1.29 is 4.52 Å². The summed E-state index contributed by atoms with van der Waals surface area (Å²) < 4.78 is 4.79. The number of aliphatic imine (C=N–C) groups is 1. The Morgan fingerprint density at radius 1 is 1.19 bits per heavy atom. The lowest BCUT2D eigenvalue weighted by Gasteiger charge is -2.11. The molecule has 5 nitrogen and oxygen atoms in total. The maximum Gasteiger partial charge on any atom is 0.191 e. The van der Waals surface area contributed by atoms with Gasteiger partial charge in [-0.15, -0.1) is 0 Å². The van der Waals surface area contributed by atoms with Crippen LogP contribution in [0.4, 0.5) is 0 Å². The average molecular weight is 286 g/mol. The van der Waals surface area contributed by atoms with E-state index in [4.69, 9.17) is 4.52 Å². The van der Waals surface area contributed by atoms with Gasteiger partial charge in [-0.3, -0.25) is 4.99 Å². The summed E-state index contributed by atoms with van der Waals surface area (Å²) in [6.07, 6.45) is 2.53. The Bertz CT molecular complexity index is 570. The van der Waals surface area contributed by atoms with Crippen LogP contribution in [0.1, 0.15) is 22.4 Å². The second-order valence-corrected chi connectivity index (χ2v) is 5.09. The number of nitrogens with one attached hydrogen (secondary N) is 2. The second-order valence-electron chi connectivity index (χ2n) is 5.09. The fourth-order valence-corrected chi connectivity index (χ4v) is 2.26. The van der Waals surface area contributed by atoms with Crippen LogP contribution in [-0.4, -0.2) is 24.7 Å². The standard InChI is InChI=1S/C16H22N4O/c1-12-8-13(2)10-14(9-12)4-6-18-16(17-3)19-11-15-5-7-21-20-15/h5,7-10H,4,6,11H2,1-3H3,(H2,17,18,19). The highest BCUT2D eigenvalue weighted by molar-refractivity contribution is 5.79. The van der Waals surface area contributed by atoms with Crippen molar-refractivity contribution in [3.63, 3.8) is 0 Å². The first-order valence-corrected chi connectivity index (χ1v) is 7.08. The number of rotatable bonds is 5. The first kappa shape index (κ1) is 15.1. The summed E-state index contributed by atoms with van der Waals surface area (Å²) >= 11 is 0. The van der Waals surface area contributed by atoms with Crippen LogP contribution in [0.3, 0.4) is 0 Å². The van der Waals surface area contributed by atoms with E-state index in [0.29, 0.717) is 6.54 Å². The molecule has 0 bridgehead atoms. The fraction of sp³-hybridized carbons (Fsp3) is 0.375. The molecule has 0 aliphatic heterocycles. The van der Waals surface area contributed by atoms with Crippen molar-refractivity contribution in [3.8, 4) is 0 Å². The maximum absolute atomic E-state index is 4.79. The topological polar surface area (TPSA) is 62.5 Å². The molecular formula is C16H22N4O. The van der Waals surface area contributed by atoms with E-state index in [-0.39, 0.29) is 0 Å². The molecule has 21 heavy (non-hydrogen) atoms. The van der Waals surface area contributed by atoms with Crippen molar-refractivity contribution in [3.05, 3.63) is 52.9 Å². The number of aromatic nitrogens is 1. The quantitative estimate of drug-likeness (QED) is 0.653. The van der Waals surface area contributed by atoms with Gasteiger partial charge in [-0.05, 0) is 25.8 Å².